The average Bonchev–Trinajstić information content (AvgIpc) is 3.29. The van der Waals surface area contributed by atoms with Crippen LogP contribution in [0.1, 0.15) is 27.8 Å². The Morgan fingerprint density at radius 2 is 1.18 bits per heavy atom. The van der Waals surface area contributed by atoms with Crippen LogP contribution in [0.15, 0.2) is 144 Å². The number of ether oxygens (including phenoxy) is 2. The van der Waals surface area contributed by atoms with Gasteiger partial charge in [-0.2, -0.15) is 0 Å². The molecule has 50 heavy (non-hydrogen) atoms. The van der Waals surface area contributed by atoms with E-state index in [0.717, 1.165) is 11.1 Å². The molecule has 8 nitrogen and oxygen atoms in total. The van der Waals surface area contributed by atoms with Gasteiger partial charge in [0.05, 0.1) is 16.3 Å². The lowest BCUT2D eigenvalue weighted by molar-refractivity contribution is 0.209. The Balaban J connectivity index is 1.53. The summed E-state index contributed by atoms with van der Waals surface area (Å²) in [4.78, 5) is 12.1. The summed E-state index contributed by atoms with van der Waals surface area (Å²) in [6, 6.07) is 41.2. The molecule has 6 aromatic carbocycles. The number of sulfonamides is 1. The van der Waals surface area contributed by atoms with E-state index in [2.05, 4.69) is 5.32 Å². The molecule has 7 rings (SSSR count). The number of benzene rings is 6. The van der Waals surface area contributed by atoms with E-state index in [-0.39, 0.29) is 21.3 Å². The molecule has 0 fully saturated rings. The average molecular weight is 703 g/mol. The molecule has 1 aliphatic rings. The lowest BCUT2D eigenvalue weighted by atomic mass is 9.73. The molecule has 0 unspecified atom stereocenters. The predicted octanol–water partition coefficient (Wildman–Crippen LogP) is 10.1. The van der Waals surface area contributed by atoms with Crippen molar-refractivity contribution < 1.29 is 27.8 Å². The van der Waals surface area contributed by atoms with Crippen LogP contribution in [0.5, 0.6) is 23.0 Å². The van der Waals surface area contributed by atoms with E-state index in [1.165, 1.54) is 16.4 Å². The van der Waals surface area contributed by atoms with Crippen molar-refractivity contribution in [3.8, 4) is 23.0 Å². The molecular formula is C40H31ClN2O6S. The predicted molar refractivity (Wildman–Crippen MR) is 194 cm³/mol. The minimum atomic E-state index is -4.33. The number of carboxylic acid groups (broad SMARTS) is 1. The topological polar surface area (TPSA) is 105 Å². The number of hydrogen-bond acceptors (Lipinski definition) is 5. The summed E-state index contributed by atoms with van der Waals surface area (Å²) in [5, 5.41) is 12.4. The third kappa shape index (κ3) is 5.70. The van der Waals surface area contributed by atoms with Gasteiger partial charge < -0.3 is 14.6 Å². The Morgan fingerprint density at radius 1 is 0.660 bits per heavy atom. The molecule has 6 aromatic rings. The van der Waals surface area contributed by atoms with Crippen LogP contribution in [-0.4, -0.2) is 19.6 Å². The first kappa shape index (κ1) is 32.8. The van der Waals surface area contributed by atoms with Crippen LogP contribution in [0.2, 0.25) is 5.02 Å². The number of nitrogens with one attached hydrogen (secondary N) is 1. The zero-order valence-corrected chi connectivity index (χ0v) is 28.6. The summed E-state index contributed by atoms with van der Waals surface area (Å²) >= 11 is 6.36. The van der Waals surface area contributed by atoms with Gasteiger partial charge in [0.15, 0.2) is 0 Å². The van der Waals surface area contributed by atoms with Crippen LogP contribution in [0.25, 0.3) is 0 Å². The number of rotatable bonds is 8. The van der Waals surface area contributed by atoms with Crippen molar-refractivity contribution in [3.05, 3.63) is 172 Å². The number of halogens is 1. The molecule has 0 atom stereocenters. The fourth-order valence-electron chi connectivity index (χ4n) is 6.70. The molecular weight excluding hydrogens is 672 g/mol. The van der Waals surface area contributed by atoms with Gasteiger partial charge in [-0.25, -0.2) is 17.5 Å². The van der Waals surface area contributed by atoms with E-state index in [0.29, 0.717) is 39.7 Å². The Hall–Kier alpha value is -5.77. The van der Waals surface area contributed by atoms with Crippen LogP contribution in [0, 0.1) is 13.8 Å². The summed E-state index contributed by atoms with van der Waals surface area (Å²) in [6.07, 6.45) is -1.37. The molecule has 1 amide bonds. The first-order valence-corrected chi connectivity index (χ1v) is 17.5. The molecule has 1 heterocycles. The molecule has 10 heteroatoms. The fraction of sp³-hybridized carbons (Fsp3) is 0.0750. The second kappa shape index (κ2) is 12.9. The van der Waals surface area contributed by atoms with E-state index < -0.39 is 21.7 Å². The number of anilines is 2. The second-order valence-electron chi connectivity index (χ2n) is 11.9. The SMILES string of the molecule is Cc1cc(Oc2ccccc2)ccc1C1(c2ccc(Oc3ccccc3)cc2C)c2ccccc2S(=O)(=O)N1c1ccc(Cl)cc1NC(=O)O. The summed E-state index contributed by atoms with van der Waals surface area (Å²) in [7, 11) is -4.33. The minimum absolute atomic E-state index is 0.00845. The molecule has 2 N–H and O–H groups in total. The van der Waals surface area contributed by atoms with Gasteiger partial charge in [0.2, 0.25) is 0 Å². The van der Waals surface area contributed by atoms with Crippen molar-refractivity contribution in [1.82, 2.24) is 0 Å². The van der Waals surface area contributed by atoms with Gasteiger partial charge in [0.1, 0.15) is 28.5 Å². The monoisotopic (exact) mass is 702 g/mol. The maximum atomic E-state index is 15.0. The summed E-state index contributed by atoms with van der Waals surface area (Å²) < 4.78 is 43.6. The van der Waals surface area contributed by atoms with Crippen molar-refractivity contribution >= 4 is 39.1 Å². The molecule has 1 aliphatic heterocycles. The lowest BCUT2D eigenvalue weighted by Crippen LogP contribution is -2.47. The fourth-order valence-corrected chi connectivity index (χ4v) is 8.89. The highest BCUT2D eigenvalue weighted by Crippen LogP contribution is 2.57. The zero-order chi connectivity index (χ0) is 35.0. The Bertz CT molecular complexity index is 2260. The van der Waals surface area contributed by atoms with Gasteiger partial charge in [-0.15, -0.1) is 0 Å². The summed E-state index contributed by atoms with van der Waals surface area (Å²) in [5.41, 5.74) is 1.83. The number of carbonyl (C=O) groups is 1. The first-order chi connectivity index (χ1) is 24.1. The van der Waals surface area contributed by atoms with Crippen molar-refractivity contribution in [2.24, 2.45) is 0 Å². The highest BCUT2D eigenvalue weighted by atomic mass is 35.5. The van der Waals surface area contributed by atoms with Gasteiger partial charge in [0.25, 0.3) is 10.0 Å². The molecule has 250 valence electrons. The van der Waals surface area contributed by atoms with Crippen molar-refractivity contribution in [1.29, 1.82) is 0 Å². The third-order valence-electron chi connectivity index (χ3n) is 8.65. The smallest absolute Gasteiger partial charge is 0.409 e. The summed E-state index contributed by atoms with van der Waals surface area (Å²) in [5.74, 6) is 2.44. The van der Waals surface area contributed by atoms with E-state index >= 15 is 0 Å². The van der Waals surface area contributed by atoms with Crippen molar-refractivity contribution in [3.63, 3.8) is 0 Å². The minimum Gasteiger partial charge on any atom is -0.465 e. The largest absolute Gasteiger partial charge is 0.465 e. The van der Waals surface area contributed by atoms with Gasteiger partial charge in [-0.1, -0.05) is 78.3 Å². The molecule has 0 aromatic heterocycles. The molecule has 0 aliphatic carbocycles. The highest BCUT2D eigenvalue weighted by Gasteiger charge is 2.58. The number of amides is 1. The number of nitrogens with zero attached hydrogens (tertiary/aromatic N) is 1. The van der Waals surface area contributed by atoms with Crippen LogP contribution < -0.4 is 19.1 Å². The van der Waals surface area contributed by atoms with Crippen molar-refractivity contribution in [2.75, 3.05) is 9.62 Å². The standard InChI is InChI=1S/C40H31ClN2O6S/c1-26-23-31(48-29-11-5-3-6-12-29)18-20-33(26)40(34-21-19-32(24-27(34)2)49-30-13-7-4-8-14-30)35-15-9-10-16-38(35)50(46,47)43(40)37-22-17-28(41)25-36(37)42-39(44)45/h3-25,42H,1-2H3,(H,44,45). The van der Waals surface area contributed by atoms with Gasteiger partial charge in [0, 0.05) is 10.6 Å². The molecule has 0 radical (unpaired) electrons. The maximum Gasteiger partial charge on any atom is 0.409 e. The highest BCUT2D eigenvalue weighted by molar-refractivity contribution is 7.93. The number of hydrogen-bond donors (Lipinski definition) is 2. The Morgan fingerprint density at radius 3 is 1.70 bits per heavy atom. The normalized spacial score (nSPS) is 14.1. The van der Waals surface area contributed by atoms with E-state index in [1.807, 2.05) is 111 Å². The van der Waals surface area contributed by atoms with Crippen molar-refractivity contribution in [2.45, 2.75) is 24.3 Å². The summed E-state index contributed by atoms with van der Waals surface area (Å²) in [6.45, 7) is 3.81. The zero-order valence-electron chi connectivity index (χ0n) is 27.0. The lowest BCUT2D eigenvalue weighted by Gasteiger charge is -2.42. The van der Waals surface area contributed by atoms with Gasteiger partial charge in [-0.05, 0) is 109 Å². The Labute approximate surface area is 295 Å². The number of para-hydroxylation sites is 2. The first-order valence-electron chi connectivity index (χ1n) is 15.7. The molecule has 0 saturated carbocycles. The van der Waals surface area contributed by atoms with Crippen LogP contribution >= 0.6 is 11.6 Å². The van der Waals surface area contributed by atoms with Gasteiger partial charge in [-0.3, -0.25) is 5.32 Å². The maximum absolute atomic E-state index is 15.0. The Kier molecular flexibility index (Phi) is 8.47. The number of fused-ring (bicyclic) bond motifs is 1. The van der Waals surface area contributed by atoms with E-state index in [1.54, 1.807) is 30.3 Å². The quantitative estimate of drug-likeness (QED) is 0.164. The molecule has 0 saturated heterocycles. The van der Waals surface area contributed by atoms with E-state index in [9.17, 15) is 18.3 Å². The third-order valence-corrected chi connectivity index (χ3v) is 10.8. The van der Waals surface area contributed by atoms with Crippen LogP contribution in [0.4, 0.5) is 16.2 Å². The van der Waals surface area contributed by atoms with Crippen LogP contribution in [-0.2, 0) is 15.6 Å². The number of aryl methyl sites for hydroxylation is 2. The second-order valence-corrected chi connectivity index (χ2v) is 14.0. The van der Waals surface area contributed by atoms with E-state index in [4.69, 9.17) is 21.1 Å². The van der Waals surface area contributed by atoms with Crippen LogP contribution in [0.3, 0.4) is 0 Å². The molecule has 0 bridgehead atoms. The van der Waals surface area contributed by atoms with Gasteiger partial charge >= 0.3 is 6.09 Å². The molecule has 0 spiro atoms.